The monoisotopic (exact) mass is 427 g/mol. The summed E-state index contributed by atoms with van der Waals surface area (Å²) in [7, 11) is 0. The van der Waals surface area contributed by atoms with Crippen LogP contribution in [0.5, 0.6) is 5.75 Å². The molecule has 0 fully saturated rings. The number of hydrogen-bond donors (Lipinski definition) is 1. The molecule has 0 saturated heterocycles. The molecule has 1 N–H and O–H groups in total. The van der Waals surface area contributed by atoms with E-state index in [1.54, 1.807) is 12.1 Å². The Bertz CT molecular complexity index is 1140. The fourth-order valence-corrected chi connectivity index (χ4v) is 3.52. The molecule has 0 amide bonds. The van der Waals surface area contributed by atoms with Crippen LogP contribution in [0.4, 0.5) is 0 Å². The van der Waals surface area contributed by atoms with E-state index in [1.807, 2.05) is 58.9 Å². The second kappa shape index (κ2) is 8.52. The van der Waals surface area contributed by atoms with Crippen molar-refractivity contribution >= 4 is 28.5 Å². The quantitative estimate of drug-likeness (QED) is 0.574. The largest absolute Gasteiger partial charge is 0.481 e. The molecule has 1 aromatic heterocycles. The third-order valence-electron chi connectivity index (χ3n) is 4.66. The number of aromatic amines is 1. The molecule has 3 rings (SSSR count). The molecule has 0 unspecified atom stereocenters. The normalized spacial score (nSPS) is 11.5. The lowest BCUT2D eigenvalue weighted by molar-refractivity contribution is -0.157. The molecule has 0 saturated carbocycles. The lowest BCUT2D eigenvalue weighted by atomic mass is 9.97. The SMILES string of the molecule is Cc1cc(OCC(=O)OC(C)(C)C)c2c(C)c(Cc3ccc(Cl)cc3)c(=O)[nH]c2c1. The summed E-state index contributed by atoms with van der Waals surface area (Å²) < 4.78 is 11.2. The van der Waals surface area contributed by atoms with E-state index in [2.05, 4.69) is 4.98 Å². The van der Waals surface area contributed by atoms with Crippen molar-refractivity contribution in [1.82, 2.24) is 4.98 Å². The van der Waals surface area contributed by atoms with Gasteiger partial charge in [0.25, 0.3) is 5.56 Å². The molecular weight excluding hydrogens is 402 g/mol. The summed E-state index contributed by atoms with van der Waals surface area (Å²) in [5.74, 6) is 0.0996. The third-order valence-corrected chi connectivity index (χ3v) is 4.91. The molecule has 0 bridgehead atoms. The van der Waals surface area contributed by atoms with Crippen LogP contribution in [0.25, 0.3) is 10.9 Å². The Morgan fingerprint density at radius 3 is 2.40 bits per heavy atom. The number of H-pyrrole nitrogens is 1. The van der Waals surface area contributed by atoms with Crippen molar-refractivity contribution in [1.29, 1.82) is 0 Å². The van der Waals surface area contributed by atoms with Gasteiger partial charge in [-0.2, -0.15) is 0 Å². The first-order valence-electron chi connectivity index (χ1n) is 9.79. The molecule has 3 aromatic rings. The maximum absolute atomic E-state index is 12.8. The summed E-state index contributed by atoms with van der Waals surface area (Å²) in [6.45, 7) is 9.04. The molecular formula is C24H26ClNO4. The fourth-order valence-electron chi connectivity index (χ4n) is 3.40. The van der Waals surface area contributed by atoms with Gasteiger partial charge in [-0.15, -0.1) is 0 Å². The molecule has 30 heavy (non-hydrogen) atoms. The minimum Gasteiger partial charge on any atom is -0.481 e. The van der Waals surface area contributed by atoms with E-state index in [-0.39, 0.29) is 12.2 Å². The van der Waals surface area contributed by atoms with Crippen LogP contribution in [0.15, 0.2) is 41.2 Å². The van der Waals surface area contributed by atoms with Crippen molar-refractivity contribution in [3.63, 3.8) is 0 Å². The molecule has 2 aromatic carbocycles. The number of aromatic nitrogens is 1. The summed E-state index contributed by atoms with van der Waals surface area (Å²) in [6.07, 6.45) is 0.466. The molecule has 0 aliphatic rings. The number of ether oxygens (including phenoxy) is 2. The van der Waals surface area contributed by atoms with Gasteiger partial charge in [0.05, 0.1) is 5.52 Å². The average Bonchev–Trinajstić information content (AvgIpc) is 2.63. The number of halogens is 1. The molecule has 0 spiro atoms. The van der Waals surface area contributed by atoms with E-state index in [4.69, 9.17) is 21.1 Å². The lowest BCUT2D eigenvalue weighted by Crippen LogP contribution is -2.27. The van der Waals surface area contributed by atoms with Crippen LogP contribution < -0.4 is 10.3 Å². The number of rotatable bonds is 5. The Hall–Kier alpha value is -2.79. The van der Waals surface area contributed by atoms with Gasteiger partial charge in [-0.05, 0) is 75.6 Å². The van der Waals surface area contributed by atoms with Crippen LogP contribution in [0.3, 0.4) is 0 Å². The van der Waals surface area contributed by atoms with Gasteiger partial charge >= 0.3 is 5.97 Å². The average molecular weight is 428 g/mol. The highest BCUT2D eigenvalue weighted by Gasteiger charge is 2.19. The van der Waals surface area contributed by atoms with E-state index in [0.717, 1.165) is 22.1 Å². The smallest absolute Gasteiger partial charge is 0.344 e. The molecule has 0 aliphatic carbocycles. The van der Waals surface area contributed by atoms with E-state index < -0.39 is 11.6 Å². The van der Waals surface area contributed by atoms with E-state index >= 15 is 0 Å². The van der Waals surface area contributed by atoms with Gasteiger partial charge in [-0.1, -0.05) is 23.7 Å². The van der Waals surface area contributed by atoms with Gasteiger partial charge in [-0.25, -0.2) is 4.79 Å². The highest BCUT2D eigenvalue weighted by Crippen LogP contribution is 2.30. The van der Waals surface area contributed by atoms with Gasteiger partial charge in [0.15, 0.2) is 6.61 Å². The van der Waals surface area contributed by atoms with Crippen molar-refractivity contribution in [3.05, 3.63) is 74.0 Å². The summed E-state index contributed by atoms with van der Waals surface area (Å²) in [5.41, 5.74) is 3.33. The van der Waals surface area contributed by atoms with Crippen molar-refractivity contribution in [3.8, 4) is 5.75 Å². The number of carbonyl (C=O) groups excluding carboxylic acids is 1. The van der Waals surface area contributed by atoms with Crippen molar-refractivity contribution in [2.24, 2.45) is 0 Å². The van der Waals surface area contributed by atoms with Crippen LogP contribution in [-0.4, -0.2) is 23.2 Å². The zero-order valence-electron chi connectivity index (χ0n) is 17.9. The Labute approximate surface area is 181 Å². The zero-order valence-corrected chi connectivity index (χ0v) is 18.6. The Morgan fingerprint density at radius 2 is 1.77 bits per heavy atom. The number of esters is 1. The maximum Gasteiger partial charge on any atom is 0.344 e. The summed E-state index contributed by atoms with van der Waals surface area (Å²) in [4.78, 5) is 27.8. The molecule has 0 radical (unpaired) electrons. The highest BCUT2D eigenvalue weighted by atomic mass is 35.5. The number of carbonyl (C=O) groups is 1. The molecule has 5 nitrogen and oxygen atoms in total. The van der Waals surface area contributed by atoms with Gasteiger partial charge in [0.1, 0.15) is 11.4 Å². The highest BCUT2D eigenvalue weighted by molar-refractivity contribution is 6.30. The minimum atomic E-state index is -0.581. The van der Waals surface area contributed by atoms with Gasteiger partial charge < -0.3 is 14.5 Å². The summed E-state index contributed by atoms with van der Waals surface area (Å²) >= 11 is 5.97. The lowest BCUT2D eigenvalue weighted by Gasteiger charge is -2.20. The van der Waals surface area contributed by atoms with Crippen molar-refractivity contribution in [2.75, 3.05) is 6.61 Å². The number of fused-ring (bicyclic) bond motifs is 1. The van der Waals surface area contributed by atoms with Crippen molar-refractivity contribution < 1.29 is 14.3 Å². The van der Waals surface area contributed by atoms with Crippen LogP contribution in [0.1, 0.15) is 43.0 Å². The second-order valence-electron chi connectivity index (χ2n) is 8.42. The Balaban J connectivity index is 2.00. The molecule has 6 heteroatoms. The first-order valence-corrected chi connectivity index (χ1v) is 10.2. The first-order chi connectivity index (χ1) is 14.0. The fraction of sp³-hybridized carbons (Fsp3) is 0.333. The van der Waals surface area contributed by atoms with Gasteiger partial charge in [0, 0.05) is 22.4 Å². The molecule has 158 valence electrons. The van der Waals surface area contributed by atoms with Gasteiger partial charge in [-0.3, -0.25) is 4.79 Å². The summed E-state index contributed by atoms with van der Waals surface area (Å²) in [5, 5.41) is 1.43. The number of aryl methyl sites for hydroxylation is 2. The van der Waals surface area contributed by atoms with Crippen molar-refractivity contribution in [2.45, 2.75) is 46.6 Å². The van der Waals surface area contributed by atoms with Crippen LogP contribution >= 0.6 is 11.6 Å². The molecule has 0 atom stereocenters. The first kappa shape index (κ1) is 21.9. The number of nitrogens with one attached hydrogen (secondary N) is 1. The Morgan fingerprint density at radius 1 is 1.10 bits per heavy atom. The minimum absolute atomic E-state index is 0.140. The van der Waals surface area contributed by atoms with E-state index in [0.29, 0.717) is 28.3 Å². The zero-order chi connectivity index (χ0) is 22.1. The van der Waals surface area contributed by atoms with Crippen LogP contribution in [0.2, 0.25) is 5.02 Å². The van der Waals surface area contributed by atoms with E-state index in [1.165, 1.54) is 0 Å². The van der Waals surface area contributed by atoms with Crippen LogP contribution in [0, 0.1) is 13.8 Å². The third kappa shape index (κ3) is 5.22. The standard InChI is InChI=1S/C24H26ClNO4/c1-14-10-19-22(20(11-14)29-13-21(27)30-24(3,4)5)15(2)18(23(28)26-19)12-16-6-8-17(25)9-7-16/h6-11H,12-13H2,1-5H3,(H,26,28). The topological polar surface area (TPSA) is 68.4 Å². The van der Waals surface area contributed by atoms with Gasteiger partial charge in [0.2, 0.25) is 0 Å². The number of benzene rings is 2. The predicted octanol–water partition coefficient (Wildman–Crippen LogP) is 5.11. The summed E-state index contributed by atoms with van der Waals surface area (Å²) in [6, 6.07) is 11.2. The Kier molecular flexibility index (Phi) is 6.22. The second-order valence-corrected chi connectivity index (χ2v) is 8.86. The number of pyridine rings is 1. The van der Waals surface area contributed by atoms with E-state index in [9.17, 15) is 9.59 Å². The number of hydrogen-bond acceptors (Lipinski definition) is 4. The predicted molar refractivity (Wildman–Crippen MR) is 120 cm³/mol. The maximum atomic E-state index is 12.8. The van der Waals surface area contributed by atoms with Crippen LogP contribution in [-0.2, 0) is 16.0 Å². The molecule has 1 heterocycles. The molecule has 0 aliphatic heterocycles.